The van der Waals surface area contributed by atoms with Gasteiger partial charge < -0.3 is 9.88 Å². The average molecular weight is 175 g/mol. The van der Waals surface area contributed by atoms with Crippen molar-refractivity contribution in [2.75, 3.05) is 13.6 Å². The van der Waals surface area contributed by atoms with Crippen LogP contribution in [-0.2, 0) is 6.54 Å². The standard InChI is InChI=1S/C10H13N3/c1-11-5-7-13-6-3-9-8-12-4-2-10(9)13/h2-4,6,8,11H,5,7H2,1H3. The molecule has 0 aliphatic carbocycles. The molecule has 0 aliphatic rings. The summed E-state index contributed by atoms with van der Waals surface area (Å²) in [6, 6.07) is 4.14. The number of rotatable bonds is 3. The quantitative estimate of drug-likeness (QED) is 0.761. The van der Waals surface area contributed by atoms with E-state index in [1.54, 1.807) is 0 Å². The molecule has 68 valence electrons. The molecule has 0 spiro atoms. The van der Waals surface area contributed by atoms with Gasteiger partial charge in [-0.1, -0.05) is 0 Å². The monoisotopic (exact) mass is 175 g/mol. The predicted octanol–water partition coefficient (Wildman–Crippen LogP) is 1.26. The van der Waals surface area contributed by atoms with Gasteiger partial charge in [0.25, 0.3) is 0 Å². The molecule has 3 nitrogen and oxygen atoms in total. The highest BCUT2D eigenvalue weighted by atomic mass is 15.0. The van der Waals surface area contributed by atoms with E-state index in [0.717, 1.165) is 13.1 Å². The van der Waals surface area contributed by atoms with Gasteiger partial charge in [0.15, 0.2) is 0 Å². The highest BCUT2D eigenvalue weighted by Crippen LogP contribution is 2.12. The summed E-state index contributed by atoms with van der Waals surface area (Å²) < 4.78 is 2.23. The van der Waals surface area contributed by atoms with Gasteiger partial charge in [-0.25, -0.2) is 0 Å². The molecule has 0 bridgehead atoms. The van der Waals surface area contributed by atoms with E-state index in [1.807, 2.05) is 25.5 Å². The molecule has 2 aromatic heterocycles. The van der Waals surface area contributed by atoms with Crippen LogP contribution in [0.2, 0.25) is 0 Å². The second-order valence-electron chi connectivity index (χ2n) is 3.05. The van der Waals surface area contributed by atoms with Crippen molar-refractivity contribution in [1.29, 1.82) is 0 Å². The highest BCUT2D eigenvalue weighted by molar-refractivity contribution is 5.78. The van der Waals surface area contributed by atoms with Gasteiger partial charge in [-0.2, -0.15) is 0 Å². The Bertz CT molecular complexity index is 392. The first-order chi connectivity index (χ1) is 6.42. The van der Waals surface area contributed by atoms with Crippen LogP contribution in [0.3, 0.4) is 0 Å². The molecule has 0 fully saturated rings. The van der Waals surface area contributed by atoms with Gasteiger partial charge >= 0.3 is 0 Å². The summed E-state index contributed by atoms with van der Waals surface area (Å²) in [7, 11) is 1.97. The molecule has 2 heterocycles. The maximum Gasteiger partial charge on any atom is 0.0511 e. The predicted molar refractivity (Wildman–Crippen MR) is 53.7 cm³/mol. The van der Waals surface area contributed by atoms with Crippen molar-refractivity contribution in [3.8, 4) is 0 Å². The lowest BCUT2D eigenvalue weighted by molar-refractivity contribution is 0.662. The van der Waals surface area contributed by atoms with Crippen molar-refractivity contribution in [2.45, 2.75) is 6.54 Å². The van der Waals surface area contributed by atoms with E-state index in [-0.39, 0.29) is 0 Å². The SMILES string of the molecule is CNCCn1ccc2cnccc21. The van der Waals surface area contributed by atoms with Crippen LogP contribution < -0.4 is 5.32 Å². The normalized spacial score (nSPS) is 10.8. The van der Waals surface area contributed by atoms with Crippen LogP contribution in [0, 0.1) is 0 Å². The van der Waals surface area contributed by atoms with Gasteiger partial charge in [-0.15, -0.1) is 0 Å². The van der Waals surface area contributed by atoms with Gasteiger partial charge in [0.05, 0.1) is 5.52 Å². The molecule has 0 saturated carbocycles. The first-order valence-corrected chi connectivity index (χ1v) is 4.45. The van der Waals surface area contributed by atoms with Gasteiger partial charge in [-0.3, -0.25) is 4.98 Å². The number of nitrogens with one attached hydrogen (secondary N) is 1. The topological polar surface area (TPSA) is 29.9 Å². The third-order valence-corrected chi connectivity index (χ3v) is 2.17. The minimum atomic E-state index is 0.992. The fraction of sp³-hybridized carbons (Fsp3) is 0.300. The number of nitrogens with zero attached hydrogens (tertiary/aromatic N) is 2. The van der Waals surface area contributed by atoms with E-state index >= 15 is 0 Å². The van der Waals surface area contributed by atoms with Crippen LogP contribution in [0.5, 0.6) is 0 Å². The molecule has 1 N–H and O–H groups in total. The first kappa shape index (κ1) is 8.26. The number of pyridine rings is 1. The fourth-order valence-electron chi connectivity index (χ4n) is 1.47. The molecule has 2 aromatic rings. The molecule has 0 saturated heterocycles. The van der Waals surface area contributed by atoms with Gasteiger partial charge in [0, 0.05) is 37.1 Å². The molecule has 0 amide bonds. The third-order valence-electron chi connectivity index (χ3n) is 2.17. The van der Waals surface area contributed by atoms with Gasteiger partial charge in [-0.05, 0) is 19.2 Å². The van der Waals surface area contributed by atoms with Gasteiger partial charge in [0.1, 0.15) is 0 Å². The van der Waals surface area contributed by atoms with E-state index in [4.69, 9.17) is 0 Å². The lowest BCUT2D eigenvalue weighted by Crippen LogP contribution is -2.14. The number of aromatic nitrogens is 2. The highest BCUT2D eigenvalue weighted by Gasteiger charge is 1.98. The van der Waals surface area contributed by atoms with Crippen molar-refractivity contribution in [1.82, 2.24) is 14.9 Å². The zero-order valence-electron chi connectivity index (χ0n) is 7.70. The fourth-order valence-corrected chi connectivity index (χ4v) is 1.47. The Morgan fingerprint density at radius 3 is 3.23 bits per heavy atom. The van der Waals surface area contributed by atoms with Crippen molar-refractivity contribution < 1.29 is 0 Å². The molecule has 0 aromatic carbocycles. The van der Waals surface area contributed by atoms with Crippen molar-refractivity contribution in [2.24, 2.45) is 0 Å². The van der Waals surface area contributed by atoms with Crippen LogP contribution >= 0.6 is 0 Å². The number of hydrogen-bond donors (Lipinski definition) is 1. The Kier molecular flexibility index (Phi) is 2.27. The summed E-state index contributed by atoms with van der Waals surface area (Å²) >= 11 is 0. The van der Waals surface area contributed by atoms with E-state index in [0.29, 0.717) is 0 Å². The van der Waals surface area contributed by atoms with Crippen molar-refractivity contribution in [3.05, 3.63) is 30.7 Å². The van der Waals surface area contributed by atoms with E-state index in [9.17, 15) is 0 Å². The molecular weight excluding hydrogens is 162 g/mol. The Labute approximate surface area is 77.4 Å². The Balaban J connectivity index is 2.35. The van der Waals surface area contributed by atoms with E-state index in [1.165, 1.54) is 10.9 Å². The van der Waals surface area contributed by atoms with Crippen LogP contribution in [0.4, 0.5) is 0 Å². The summed E-state index contributed by atoms with van der Waals surface area (Å²) in [4.78, 5) is 4.08. The lowest BCUT2D eigenvalue weighted by Gasteiger charge is -2.03. The minimum Gasteiger partial charge on any atom is -0.346 e. The molecule has 3 heteroatoms. The molecule has 0 atom stereocenters. The van der Waals surface area contributed by atoms with Crippen LogP contribution in [0.1, 0.15) is 0 Å². The molecule has 0 radical (unpaired) electrons. The number of hydrogen-bond acceptors (Lipinski definition) is 2. The first-order valence-electron chi connectivity index (χ1n) is 4.45. The molecule has 13 heavy (non-hydrogen) atoms. The summed E-state index contributed by atoms with van der Waals surface area (Å²) in [6.07, 6.45) is 5.83. The Morgan fingerprint density at radius 1 is 1.46 bits per heavy atom. The van der Waals surface area contributed by atoms with Crippen LogP contribution in [-0.4, -0.2) is 23.1 Å². The largest absolute Gasteiger partial charge is 0.346 e. The maximum absolute atomic E-state index is 4.08. The maximum atomic E-state index is 4.08. The van der Waals surface area contributed by atoms with Crippen LogP contribution in [0.15, 0.2) is 30.7 Å². The Hall–Kier alpha value is -1.35. The Morgan fingerprint density at radius 2 is 2.38 bits per heavy atom. The lowest BCUT2D eigenvalue weighted by atomic mass is 10.3. The molecule has 0 aliphatic heterocycles. The second kappa shape index (κ2) is 3.58. The molecular formula is C10H13N3. The van der Waals surface area contributed by atoms with Crippen molar-refractivity contribution in [3.63, 3.8) is 0 Å². The average Bonchev–Trinajstić information content (AvgIpc) is 2.58. The summed E-state index contributed by atoms with van der Waals surface area (Å²) in [5, 5.41) is 4.34. The second-order valence-corrected chi connectivity index (χ2v) is 3.05. The van der Waals surface area contributed by atoms with E-state index in [2.05, 4.69) is 27.1 Å². The van der Waals surface area contributed by atoms with Crippen molar-refractivity contribution >= 4 is 10.9 Å². The van der Waals surface area contributed by atoms with Gasteiger partial charge in [0.2, 0.25) is 0 Å². The van der Waals surface area contributed by atoms with Crippen LogP contribution in [0.25, 0.3) is 10.9 Å². The summed E-state index contributed by atoms with van der Waals surface area (Å²) in [5.74, 6) is 0. The number of likely N-dealkylation sites (N-methyl/N-ethyl adjacent to an activating group) is 1. The molecule has 2 rings (SSSR count). The zero-order valence-corrected chi connectivity index (χ0v) is 7.70. The molecule has 0 unspecified atom stereocenters. The smallest absolute Gasteiger partial charge is 0.0511 e. The third kappa shape index (κ3) is 1.55. The summed E-state index contributed by atoms with van der Waals surface area (Å²) in [5.41, 5.74) is 1.25. The van der Waals surface area contributed by atoms with E-state index < -0.39 is 0 Å². The number of fused-ring (bicyclic) bond motifs is 1. The zero-order chi connectivity index (χ0) is 9.10. The minimum absolute atomic E-state index is 0.992. The summed E-state index contributed by atoms with van der Waals surface area (Å²) in [6.45, 7) is 2.00.